The first-order chi connectivity index (χ1) is 10.0. The molecule has 2 bridgehead atoms. The summed E-state index contributed by atoms with van der Waals surface area (Å²) in [5.74, 6) is -0.898. The van der Waals surface area contributed by atoms with Crippen LogP contribution in [0, 0.1) is 17.7 Å². The SMILES string of the molecule is O=C(Nc1ccc(C(=O)O)c(F)c1)NC1CC2CCC1C2. The molecule has 3 unspecified atom stereocenters. The van der Waals surface area contributed by atoms with Gasteiger partial charge in [-0.05, 0) is 49.3 Å². The molecule has 2 amide bonds. The number of aromatic carboxylic acids is 1. The average Bonchev–Trinajstić information content (AvgIpc) is 3.00. The highest BCUT2D eigenvalue weighted by Crippen LogP contribution is 2.44. The van der Waals surface area contributed by atoms with E-state index < -0.39 is 17.3 Å². The monoisotopic (exact) mass is 292 g/mol. The molecule has 0 saturated heterocycles. The molecule has 2 fully saturated rings. The van der Waals surface area contributed by atoms with Gasteiger partial charge in [0.2, 0.25) is 0 Å². The van der Waals surface area contributed by atoms with Crippen molar-refractivity contribution in [1.29, 1.82) is 0 Å². The average molecular weight is 292 g/mol. The molecule has 2 aliphatic rings. The Morgan fingerprint density at radius 1 is 1.24 bits per heavy atom. The number of fused-ring (bicyclic) bond motifs is 2. The first-order valence-corrected chi connectivity index (χ1v) is 7.13. The molecule has 21 heavy (non-hydrogen) atoms. The standard InChI is InChI=1S/C15H17FN2O3/c16-12-7-10(3-4-11(12)14(19)20)17-15(21)18-13-6-8-1-2-9(13)5-8/h3-4,7-9,13H,1-2,5-6H2,(H,19,20)(H2,17,18,21). The van der Waals surface area contributed by atoms with Gasteiger partial charge >= 0.3 is 12.0 Å². The third-order valence-electron chi connectivity index (χ3n) is 4.51. The molecular weight excluding hydrogens is 275 g/mol. The normalized spacial score (nSPS) is 26.6. The third kappa shape index (κ3) is 2.84. The molecule has 2 aliphatic carbocycles. The predicted octanol–water partition coefficient (Wildman–Crippen LogP) is 2.83. The number of amides is 2. The number of nitrogens with one attached hydrogen (secondary N) is 2. The zero-order chi connectivity index (χ0) is 15.0. The van der Waals surface area contributed by atoms with Crippen molar-refractivity contribution < 1.29 is 19.1 Å². The quantitative estimate of drug-likeness (QED) is 0.801. The highest BCUT2D eigenvalue weighted by atomic mass is 19.1. The molecule has 1 aromatic carbocycles. The summed E-state index contributed by atoms with van der Waals surface area (Å²) in [7, 11) is 0. The minimum atomic E-state index is -1.33. The summed E-state index contributed by atoms with van der Waals surface area (Å²) in [4.78, 5) is 22.6. The van der Waals surface area contributed by atoms with E-state index in [1.165, 1.54) is 18.9 Å². The highest BCUT2D eigenvalue weighted by Gasteiger charge is 2.40. The van der Waals surface area contributed by atoms with Crippen LogP contribution in [-0.4, -0.2) is 23.1 Å². The summed E-state index contributed by atoms with van der Waals surface area (Å²) >= 11 is 0. The number of carbonyl (C=O) groups is 2. The van der Waals surface area contributed by atoms with Gasteiger partial charge < -0.3 is 15.7 Å². The van der Waals surface area contributed by atoms with Crippen LogP contribution in [0.2, 0.25) is 0 Å². The van der Waals surface area contributed by atoms with Crippen molar-refractivity contribution in [2.45, 2.75) is 31.7 Å². The molecule has 0 spiro atoms. The van der Waals surface area contributed by atoms with E-state index in [1.54, 1.807) is 0 Å². The molecule has 3 N–H and O–H groups in total. The number of carboxylic acid groups (broad SMARTS) is 1. The summed E-state index contributed by atoms with van der Waals surface area (Å²) in [5.41, 5.74) is -0.160. The van der Waals surface area contributed by atoms with Crippen LogP contribution in [0.5, 0.6) is 0 Å². The fourth-order valence-corrected chi connectivity index (χ4v) is 3.52. The minimum absolute atomic E-state index is 0.201. The van der Waals surface area contributed by atoms with Crippen LogP contribution in [0.4, 0.5) is 14.9 Å². The maximum Gasteiger partial charge on any atom is 0.338 e. The fraction of sp³-hybridized carbons (Fsp3) is 0.467. The molecule has 1 aromatic rings. The van der Waals surface area contributed by atoms with Crippen molar-refractivity contribution in [2.75, 3.05) is 5.32 Å². The van der Waals surface area contributed by atoms with E-state index in [9.17, 15) is 14.0 Å². The van der Waals surface area contributed by atoms with Crippen molar-refractivity contribution in [1.82, 2.24) is 5.32 Å². The number of halogens is 1. The molecule has 2 saturated carbocycles. The number of urea groups is 1. The molecule has 0 aromatic heterocycles. The Kier molecular flexibility index (Phi) is 3.53. The number of rotatable bonds is 3. The van der Waals surface area contributed by atoms with Gasteiger partial charge in [0.05, 0.1) is 5.56 Å². The molecule has 6 heteroatoms. The van der Waals surface area contributed by atoms with E-state index in [1.807, 2.05) is 0 Å². The van der Waals surface area contributed by atoms with Crippen LogP contribution < -0.4 is 10.6 Å². The Morgan fingerprint density at radius 3 is 2.62 bits per heavy atom. The largest absolute Gasteiger partial charge is 0.478 e. The Labute approximate surface area is 121 Å². The van der Waals surface area contributed by atoms with Crippen LogP contribution in [0.3, 0.4) is 0 Å². The van der Waals surface area contributed by atoms with Gasteiger partial charge in [0.1, 0.15) is 5.82 Å². The topological polar surface area (TPSA) is 78.4 Å². The van der Waals surface area contributed by atoms with Crippen LogP contribution in [0.15, 0.2) is 18.2 Å². The number of hydrogen-bond acceptors (Lipinski definition) is 2. The second kappa shape index (κ2) is 5.35. The van der Waals surface area contributed by atoms with Crippen molar-refractivity contribution in [3.8, 4) is 0 Å². The van der Waals surface area contributed by atoms with Crippen molar-refractivity contribution in [3.63, 3.8) is 0 Å². The lowest BCUT2D eigenvalue weighted by molar-refractivity contribution is 0.0692. The first-order valence-electron chi connectivity index (χ1n) is 7.13. The van der Waals surface area contributed by atoms with E-state index in [0.717, 1.165) is 30.9 Å². The molecule has 3 rings (SSSR count). The van der Waals surface area contributed by atoms with E-state index in [0.29, 0.717) is 5.92 Å². The summed E-state index contributed by atoms with van der Waals surface area (Å²) in [6, 6.07) is 3.38. The minimum Gasteiger partial charge on any atom is -0.478 e. The molecule has 0 heterocycles. The third-order valence-corrected chi connectivity index (χ3v) is 4.51. The maximum atomic E-state index is 13.5. The Morgan fingerprint density at radius 2 is 2.05 bits per heavy atom. The molecule has 5 nitrogen and oxygen atoms in total. The summed E-state index contributed by atoms with van der Waals surface area (Å²) in [5, 5.41) is 14.2. The summed E-state index contributed by atoms with van der Waals surface area (Å²) < 4.78 is 13.5. The maximum absolute atomic E-state index is 13.5. The lowest BCUT2D eigenvalue weighted by Gasteiger charge is -2.23. The van der Waals surface area contributed by atoms with Gasteiger partial charge in [0.15, 0.2) is 0 Å². The fourth-order valence-electron chi connectivity index (χ4n) is 3.52. The van der Waals surface area contributed by atoms with Gasteiger partial charge in [-0.1, -0.05) is 6.42 Å². The second-order valence-electron chi connectivity index (χ2n) is 5.88. The van der Waals surface area contributed by atoms with E-state index in [-0.39, 0.29) is 17.8 Å². The van der Waals surface area contributed by atoms with Crippen LogP contribution >= 0.6 is 0 Å². The van der Waals surface area contributed by atoms with Gasteiger partial charge in [-0.3, -0.25) is 0 Å². The van der Waals surface area contributed by atoms with Gasteiger partial charge in [0, 0.05) is 11.7 Å². The zero-order valence-electron chi connectivity index (χ0n) is 11.4. The number of hydrogen-bond donors (Lipinski definition) is 3. The zero-order valence-corrected chi connectivity index (χ0v) is 11.4. The Hall–Kier alpha value is -2.11. The van der Waals surface area contributed by atoms with Crippen molar-refractivity contribution >= 4 is 17.7 Å². The second-order valence-corrected chi connectivity index (χ2v) is 5.88. The Balaban J connectivity index is 1.60. The highest BCUT2D eigenvalue weighted by molar-refractivity contribution is 5.91. The van der Waals surface area contributed by atoms with Gasteiger partial charge in [-0.2, -0.15) is 0 Å². The van der Waals surface area contributed by atoms with Gasteiger partial charge in [-0.25, -0.2) is 14.0 Å². The molecule has 3 atom stereocenters. The van der Waals surface area contributed by atoms with Crippen molar-refractivity contribution in [3.05, 3.63) is 29.6 Å². The van der Waals surface area contributed by atoms with Gasteiger partial charge in [0.25, 0.3) is 0 Å². The lowest BCUT2D eigenvalue weighted by atomic mass is 9.95. The predicted molar refractivity (Wildman–Crippen MR) is 74.7 cm³/mol. The molecule has 0 aliphatic heterocycles. The number of benzene rings is 1. The molecule has 112 valence electrons. The van der Waals surface area contributed by atoms with Crippen molar-refractivity contribution in [2.24, 2.45) is 11.8 Å². The first kappa shape index (κ1) is 13.9. The number of carboxylic acids is 1. The van der Waals surface area contributed by atoms with E-state index >= 15 is 0 Å². The van der Waals surface area contributed by atoms with Gasteiger partial charge in [-0.15, -0.1) is 0 Å². The number of anilines is 1. The van der Waals surface area contributed by atoms with Crippen LogP contribution in [0.25, 0.3) is 0 Å². The molecular formula is C15H17FN2O3. The lowest BCUT2D eigenvalue weighted by Crippen LogP contribution is -2.41. The van der Waals surface area contributed by atoms with Crippen LogP contribution in [-0.2, 0) is 0 Å². The summed E-state index contributed by atoms with van der Waals surface area (Å²) in [6.07, 6.45) is 4.63. The van der Waals surface area contributed by atoms with E-state index in [2.05, 4.69) is 10.6 Å². The summed E-state index contributed by atoms with van der Waals surface area (Å²) in [6.45, 7) is 0. The number of carbonyl (C=O) groups excluding carboxylic acids is 1. The molecule has 0 radical (unpaired) electrons. The van der Waals surface area contributed by atoms with E-state index in [4.69, 9.17) is 5.11 Å². The van der Waals surface area contributed by atoms with Crippen LogP contribution in [0.1, 0.15) is 36.0 Å². The Bertz CT molecular complexity index is 590. The smallest absolute Gasteiger partial charge is 0.338 e.